The maximum Gasteiger partial charge on any atom is 0.267 e. The van der Waals surface area contributed by atoms with E-state index in [1.165, 1.54) is 47.4 Å². The molecule has 6 rings (SSSR count). The van der Waals surface area contributed by atoms with Crippen molar-refractivity contribution >= 4 is 22.6 Å². The van der Waals surface area contributed by atoms with Gasteiger partial charge in [0.15, 0.2) is 0 Å². The van der Waals surface area contributed by atoms with E-state index in [0.29, 0.717) is 34.0 Å². The van der Waals surface area contributed by atoms with Crippen LogP contribution in [-0.2, 0) is 0 Å². The van der Waals surface area contributed by atoms with Crippen molar-refractivity contribution in [1.82, 2.24) is 24.5 Å². The van der Waals surface area contributed by atoms with Crippen molar-refractivity contribution in [3.05, 3.63) is 126 Å². The molecule has 0 saturated carbocycles. The van der Waals surface area contributed by atoms with Crippen LogP contribution < -0.4 is 15.6 Å². The molecule has 0 aliphatic rings. The first-order valence-corrected chi connectivity index (χ1v) is 11.9. The number of aromatic amines is 1. The van der Waals surface area contributed by atoms with Gasteiger partial charge >= 0.3 is 0 Å². The first-order chi connectivity index (χ1) is 19.1. The first-order valence-electron chi connectivity index (χ1n) is 11.9. The zero-order valence-corrected chi connectivity index (χ0v) is 20.2. The highest BCUT2D eigenvalue weighted by Crippen LogP contribution is 2.34. The van der Waals surface area contributed by atoms with Crippen LogP contribution in [0.1, 0.15) is 10.4 Å². The molecular weight excluding hydrogens is 499 g/mol. The van der Waals surface area contributed by atoms with Gasteiger partial charge in [-0.15, -0.1) is 0 Å². The van der Waals surface area contributed by atoms with Crippen LogP contribution in [0.5, 0.6) is 11.6 Å². The van der Waals surface area contributed by atoms with E-state index in [2.05, 4.69) is 25.3 Å². The van der Waals surface area contributed by atoms with E-state index in [4.69, 9.17) is 4.74 Å². The Balaban J connectivity index is 1.22. The van der Waals surface area contributed by atoms with Crippen LogP contribution in [0.4, 0.5) is 10.1 Å². The summed E-state index contributed by atoms with van der Waals surface area (Å²) < 4.78 is 20.6. The van der Waals surface area contributed by atoms with E-state index < -0.39 is 17.3 Å². The number of nitrogens with one attached hydrogen (secondary N) is 2. The molecule has 0 atom stereocenters. The lowest BCUT2D eigenvalue weighted by molar-refractivity contribution is 0.102. The minimum Gasteiger partial charge on any atom is -0.438 e. The lowest BCUT2D eigenvalue weighted by atomic mass is 10.1. The molecule has 0 aliphatic carbocycles. The predicted molar refractivity (Wildman–Crippen MR) is 144 cm³/mol. The second kappa shape index (κ2) is 10.0. The lowest BCUT2D eigenvalue weighted by Gasteiger charge is -2.10. The van der Waals surface area contributed by atoms with Crippen LogP contribution in [-0.4, -0.2) is 30.4 Å². The van der Waals surface area contributed by atoms with Gasteiger partial charge in [0.05, 0.1) is 11.1 Å². The van der Waals surface area contributed by atoms with Crippen molar-refractivity contribution in [2.75, 3.05) is 5.32 Å². The van der Waals surface area contributed by atoms with Gasteiger partial charge in [0.1, 0.15) is 29.1 Å². The zero-order valence-electron chi connectivity index (χ0n) is 20.2. The fourth-order valence-electron chi connectivity index (χ4n) is 4.12. The van der Waals surface area contributed by atoms with Gasteiger partial charge in [0, 0.05) is 35.5 Å². The third kappa shape index (κ3) is 4.74. The highest BCUT2D eigenvalue weighted by Gasteiger charge is 2.16. The predicted octanol–water partition coefficient (Wildman–Crippen LogP) is 5.35. The molecule has 0 bridgehead atoms. The summed E-state index contributed by atoms with van der Waals surface area (Å²) in [6.45, 7) is 0. The summed E-state index contributed by atoms with van der Waals surface area (Å²) in [5.41, 5.74) is 2.50. The number of amides is 1. The summed E-state index contributed by atoms with van der Waals surface area (Å²) >= 11 is 0. The van der Waals surface area contributed by atoms with Gasteiger partial charge in [-0.1, -0.05) is 6.07 Å². The van der Waals surface area contributed by atoms with Crippen molar-refractivity contribution in [2.45, 2.75) is 0 Å². The molecule has 4 heterocycles. The van der Waals surface area contributed by atoms with E-state index in [9.17, 15) is 14.0 Å². The van der Waals surface area contributed by atoms with Crippen molar-refractivity contribution in [3.8, 4) is 28.6 Å². The molecule has 0 fully saturated rings. The van der Waals surface area contributed by atoms with Crippen molar-refractivity contribution < 1.29 is 13.9 Å². The van der Waals surface area contributed by atoms with Crippen LogP contribution in [0, 0.1) is 5.82 Å². The summed E-state index contributed by atoms with van der Waals surface area (Å²) in [6, 6.07) is 20.7. The number of pyridine rings is 2. The Bertz CT molecular complexity index is 1850. The minimum absolute atomic E-state index is 0.0555. The summed E-state index contributed by atoms with van der Waals surface area (Å²) in [7, 11) is 0. The summed E-state index contributed by atoms with van der Waals surface area (Å²) in [6.07, 6.45) is 6.44. The number of nitrogens with zero attached hydrogens (tertiary/aromatic N) is 4. The second-order valence-corrected chi connectivity index (χ2v) is 8.47. The first kappa shape index (κ1) is 23.7. The summed E-state index contributed by atoms with van der Waals surface area (Å²) in [5, 5.41) is 3.42. The van der Waals surface area contributed by atoms with Gasteiger partial charge in [0.25, 0.3) is 11.5 Å². The van der Waals surface area contributed by atoms with E-state index in [0.717, 1.165) is 11.3 Å². The van der Waals surface area contributed by atoms with Gasteiger partial charge in [0.2, 0.25) is 5.88 Å². The number of H-pyrrole nitrogens is 1. The lowest BCUT2D eigenvalue weighted by Crippen LogP contribution is -2.27. The van der Waals surface area contributed by atoms with Crippen LogP contribution in [0.2, 0.25) is 0 Å². The molecule has 6 aromatic rings. The number of halogens is 1. The number of hydrogen-bond acceptors (Lipinski definition) is 6. The summed E-state index contributed by atoms with van der Waals surface area (Å²) in [4.78, 5) is 41.9. The SMILES string of the molecule is O=C(Nc1ccc(Oc2ncnc3[nH]cc(-c4ccccn4)c23)cc1)c1cccn(-c2ccc(F)cc2)c1=O. The number of carbonyl (C=O) groups excluding carboxylic acids is 1. The molecule has 1 amide bonds. The Morgan fingerprint density at radius 1 is 0.923 bits per heavy atom. The fourth-order valence-corrected chi connectivity index (χ4v) is 4.12. The van der Waals surface area contributed by atoms with Crippen molar-refractivity contribution in [3.63, 3.8) is 0 Å². The molecule has 0 unspecified atom stereocenters. The molecule has 0 radical (unpaired) electrons. The Labute approximate surface area is 220 Å². The minimum atomic E-state index is -0.574. The van der Waals surface area contributed by atoms with Crippen molar-refractivity contribution in [1.29, 1.82) is 0 Å². The molecular formula is C29H19FN6O3. The van der Waals surface area contributed by atoms with E-state index in [1.54, 1.807) is 42.7 Å². The highest BCUT2D eigenvalue weighted by molar-refractivity contribution is 6.04. The largest absolute Gasteiger partial charge is 0.438 e. The molecule has 39 heavy (non-hydrogen) atoms. The van der Waals surface area contributed by atoms with E-state index >= 15 is 0 Å². The van der Waals surface area contributed by atoms with Crippen molar-refractivity contribution in [2.24, 2.45) is 0 Å². The number of ether oxygens (including phenoxy) is 1. The maximum absolute atomic E-state index is 13.3. The number of hydrogen-bond donors (Lipinski definition) is 2. The maximum atomic E-state index is 13.3. The van der Waals surface area contributed by atoms with Gasteiger partial charge < -0.3 is 15.0 Å². The molecule has 4 aromatic heterocycles. The molecule has 10 heteroatoms. The normalized spacial score (nSPS) is 10.9. The second-order valence-electron chi connectivity index (χ2n) is 8.47. The molecule has 2 N–H and O–H groups in total. The van der Waals surface area contributed by atoms with E-state index in [1.807, 2.05) is 18.2 Å². The number of fused-ring (bicyclic) bond motifs is 1. The quantitative estimate of drug-likeness (QED) is 0.307. The Morgan fingerprint density at radius 2 is 1.74 bits per heavy atom. The number of carbonyl (C=O) groups is 1. The topological polar surface area (TPSA) is 115 Å². The smallest absolute Gasteiger partial charge is 0.267 e. The van der Waals surface area contributed by atoms with E-state index in [-0.39, 0.29) is 5.56 Å². The number of benzene rings is 2. The Kier molecular flexibility index (Phi) is 6.10. The zero-order chi connectivity index (χ0) is 26.8. The molecule has 9 nitrogen and oxygen atoms in total. The fraction of sp³-hybridized carbons (Fsp3) is 0. The third-order valence-corrected chi connectivity index (χ3v) is 6.00. The molecule has 0 saturated heterocycles. The monoisotopic (exact) mass is 518 g/mol. The van der Waals surface area contributed by atoms with Gasteiger partial charge in [-0.3, -0.25) is 19.1 Å². The van der Waals surface area contributed by atoms with Crippen LogP contribution in [0.3, 0.4) is 0 Å². The van der Waals surface area contributed by atoms with Crippen LogP contribution in [0.25, 0.3) is 28.0 Å². The molecule has 190 valence electrons. The average molecular weight is 519 g/mol. The van der Waals surface area contributed by atoms with Gasteiger partial charge in [-0.25, -0.2) is 14.4 Å². The number of rotatable bonds is 6. The molecule has 0 spiro atoms. The van der Waals surface area contributed by atoms with Crippen LogP contribution >= 0.6 is 0 Å². The number of anilines is 1. The van der Waals surface area contributed by atoms with Crippen LogP contribution in [0.15, 0.2) is 109 Å². The van der Waals surface area contributed by atoms with Gasteiger partial charge in [-0.2, -0.15) is 0 Å². The average Bonchev–Trinajstić information content (AvgIpc) is 3.41. The third-order valence-electron chi connectivity index (χ3n) is 6.00. The standard InChI is InChI=1S/C29H19FN6O3/c30-18-6-10-20(11-7-18)36-15-3-4-22(29(36)38)27(37)35-19-8-12-21(13-9-19)39-28-25-23(24-5-1-2-14-31-24)16-32-26(25)33-17-34-28/h1-17H,(H,35,37)(H,32,33,34). The highest BCUT2D eigenvalue weighted by atomic mass is 19.1. The molecule has 0 aliphatic heterocycles. The molecule has 2 aromatic carbocycles. The Hall–Kier alpha value is -5.64. The Morgan fingerprint density at radius 3 is 2.51 bits per heavy atom. The van der Waals surface area contributed by atoms with Gasteiger partial charge in [-0.05, 0) is 72.8 Å². The number of aromatic nitrogens is 5. The summed E-state index contributed by atoms with van der Waals surface area (Å²) in [5.74, 6) is -0.155.